The van der Waals surface area contributed by atoms with Crippen molar-refractivity contribution in [1.29, 1.82) is 0 Å². The fourth-order valence-corrected chi connectivity index (χ4v) is 5.01. The molecule has 0 amide bonds. The van der Waals surface area contributed by atoms with Crippen molar-refractivity contribution >= 4 is 11.0 Å². The predicted octanol–water partition coefficient (Wildman–Crippen LogP) is 3.70. The Hall–Kier alpha value is -2.17. The van der Waals surface area contributed by atoms with Crippen LogP contribution in [-0.2, 0) is 6.42 Å². The lowest BCUT2D eigenvalue weighted by atomic mass is 10.0. The van der Waals surface area contributed by atoms with Gasteiger partial charge in [-0.05, 0) is 75.5 Å². The summed E-state index contributed by atoms with van der Waals surface area (Å²) in [6.45, 7) is 5.71. The first-order chi connectivity index (χ1) is 13.3. The number of likely N-dealkylation sites (tertiary alicyclic amines) is 1. The second kappa shape index (κ2) is 7.10. The molecule has 27 heavy (non-hydrogen) atoms. The number of hydrogen-bond donors (Lipinski definition) is 1. The van der Waals surface area contributed by atoms with Crippen molar-refractivity contribution in [1.82, 2.24) is 19.8 Å². The summed E-state index contributed by atoms with van der Waals surface area (Å²) in [5.41, 5.74) is 4.89. The Bertz CT molecular complexity index is 921. The molecular formula is C23H28N4. The normalized spacial score (nSPS) is 23.4. The standard InChI is InChI=1S/C23H28N4/c1-17-25-22-6-2-3-7-23(22)27(17)19-10-8-18(9-11-19)15-20-5-4-14-26(20)21-12-13-24-16-21/h2-3,6-11,20-21,24H,4-5,12-16H2,1H3. The van der Waals surface area contributed by atoms with Crippen LogP contribution >= 0.6 is 0 Å². The van der Waals surface area contributed by atoms with E-state index in [-0.39, 0.29) is 0 Å². The molecule has 0 saturated carbocycles. The third-order valence-electron chi connectivity index (χ3n) is 6.32. The van der Waals surface area contributed by atoms with Gasteiger partial charge in [-0.1, -0.05) is 24.3 Å². The van der Waals surface area contributed by atoms with Gasteiger partial charge >= 0.3 is 0 Å². The number of rotatable bonds is 4. The summed E-state index contributed by atoms with van der Waals surface area (Å²) in [7, 11) is 0. The minimum atomic E-state index is 0.705. The average molecular weight is 361 g/mol. The molecule has 2 unspecified atom stereocenters. The quantitative estimate of drug-likeness (QED) is 0.770. The number of nitrogens with one attached hydrogen (secondary N) is 1. The smallest absolute Gasteiger partial charge is 0.111 e. The van der Waals surface area contributed by atoms with Crippen molar-refractivity contribution in [2.24, 2.45) is 0 Å². The highest BCUT2D eigenvalue weighted by atomic mass is 15.2. The number of para-hydroxylation sites is 2. The molecule has 2 aliphatic rings. The molecule has 2 aliphatic heterocycles. The van der Waals surface area contributed by atoms with Gasteiger partial charge in [0.2, 0.25) is 0 Å². The Morgan fingerprint density at radius 1 is 1.07 bits per heavy atom. The zero-order valence-electron chi connectivity index (χ0n) is 16.1. The zero-order chi connectivity index (χ0) is 18.2. The molecule has 0 spiro atoms. The third kappa shape index (κ3) is 3.17. The lowest BCUT2D eigenvalue weighted by Gasteiger charge is -2.30. The number of benzene rings is 2. The second-order valence-corrected chi connectivity index (χ2v) is 8.03. The van der Waals surface area contributed by atoms with Gasteiger partial charge in [0.25, 0.3) is 0 Å². The SMILES string of the molecule is Cc1nc2ccccc2n1-c1ccc(CC2CCCN2C2CCNC2)cc1. The third-order valence-corrected chi connectivity index (χ3v) is 6.32. The van der Waals surface area contributed by atoms with E-state index < -0.39 is 0 Å². The fourth-order valence-electron chi connectivity index (χ4n) is 5.01. The maximum atomic E-state index is 4.70. The number of imidazole rings is 1. The van der Waals surface area contributed by atoms with Gasteiger partial charge in [-0.3, -0.25) is 9.47 Å². The number of fused-ring (bicyclic) bond motifs is 1. The lowest BCUT2D eigenvalue weighted by Crippen LogP contribution is -2.41. The minimum Gasteiger partial charge on any atom is -0.315 e. The molecule has 4 heteroatoms. The maximum absolute atomic E-state index is 4.70. The van der Waals surface area contributed by atoms with Crippen LogP contribution in [0.25, 0.3) is 16.7 Å². The highest BCUT2D eigenvalue weighted by Crippen LogP contribution is 2.27. The van der Waals surface area contributed by atoms with Crippen molar-refractivity contribution in [3.05, 3.63) is 59.9 Å². The molecule has 2 saturated heterocycles. The average Bonchev–Trinajstić information content (AvgIpc) is 3.41. The monoisotopic (exact) mass is 360 g/mol. The summed E-state index contributed by atoms with van der Waals surface area (Å²) in [4.78, 5) is 7.46. The van der Waals surface area contributed by atoms with Crippen LogP contribution in [0.2, 0.25) is 0 Å². The second-order valence-electron chi connectivity index (χ2n) is 8.03. The molecule has 0 bridgehead atoms. The molecule has 2 atom stereocenters. The number of nitrogens with zero attached hydrogens (tertiary/aromatic N) is 3. The summed E-state index contributed by atoms with van der Waals surface area (Å²) in [5, 5.41) is 3.53. The van der Waals surface area contributed by atoms with Crippen LogP contribution in [-0.4, -0.2) is 46.2 Å². The first-order valence-corrected chi connectivity index (χ1v) is 10.3. The van der Waals surface area contributed by atoms with Crippen molar-refractivity contribution < 1.29 is 0 Å². The Balaban J connectivity index is 1.36. The van der Waals surface area contributed by atoms with E-state index in [2.05, 4.69) is 70.2 Å². The minimum absolute atomic E-state index is 0.705. The van der Waals surface area contributed by atoms with Gasteiger partial charge in [-0.2, -0.15) is 0 Å². The van der Waals surface area contributed by atoms with E-state index >= 15 is 0 Å². The number of aryl methyl sites for hydroxylation is 1. The first-order valence-electron chi connectivity index (χ1n) is 10.3. The van der Waals surface area contributed by atoms with Gasteiger partial charge in [0, 0.05) is 24.3 Å². The van der Waals surface area contributed by atoms with E-state index in [0.717, 1.165) is 17.4 Å². The van der Waals surface area contributed by atoms with Crippen LogP contribution in [0.15, 0.2) is 48.5 Å². The molecule has 1 N–H and O–H groups in total. The predicted molar refractivity (Wildman–Crippen MR) is 111 cm³/mol. The van der Waals surface area contributed by atoms with E-state index in [4.69, 9.17) is 4.98 Å². The van der Waals surface area contributed by atoms with Crippen molar-refractivity contribution in [3.63, 3.8) is 0 Å². The summed E-state index contributed by atoms with van der Waals surface area (Å²) in [6.07, 6.45) is 5.16. The molecular weight excluding hydrogens is 332 g/mol. The highest BCUT2D eigenvalue weighted by molar-refractivity contribution is 5.78. The molecule has 0 aliphatic carbocycles. The van der Waals surface area contributed by atoms with Crippen LogP contribution in [0, 0.1) is 6.92 Å². The first kappa shape index (κ1) is 17.0. The molecule has 2 fully saturated rings. The largest absolute Gasteiger partial charge is 0.315 e. The van der Waals surface area contributed by atoms with Crippen molar-refractivity contribution in [2.75, 3.05) is 19.6 Å². The molecule has 5 rings (SSSR count). The van der Waals surface area contributed by atoms with Crippen LogP contribution in [0.3, 0.4) is 0 Å². The van der Waals surface area contributed by atoms with E-state index in [0.29, 0.717) is 6.04 Å². The van der Waals surface area contributed by atoms with Crippen molar-refractivity contribution in [3.8, 4) is 5.69 Å². The van der Waals surface area contributed by atoms with Crippen molar-refractivity contribution in [2.45, 2.75) is 44.7 Å². The zero-order valence-corrected chi connectivity index (χ0v) is 16.1. The van der Waals surface area contributed by atoms with Gasteiger partial charge in [-0.15, -0.1) is 0 Å². The summed E-state index contributed by atoms with van der Waals surface area (Å²) >= 11 is 0. The van der Waals surface area contributed by atoms with E-state index in [9.17, 15) is 0 Å². The molecule has 0 radical (unpaired) electrons. The van der Waals surface area contributed by atoms with E-state index in [1.165, 1.54) is 62.1 Å². The highest BCUT2D eigenvalue weighted by Gasteiger charge is 2.32. The topological polar surface area (TPSA) is 33.1 Å². The van der Waals surface area contributed by atoms with E-state index in [1.807, 2.05) is 0 Å². The van der Waals surface area contributed by atoms with Crippen LogP contribution in [0.1, 0.15) is 30.7 Å². The molecule has 3 aromatic rings. The molecule has 2 aromatic carbocycles. The summed E-state index contributed by atoms with van der Waals surface area (Å²) < 4.78 is 2.26. The Labute approximate surface area is 161 Å². The number of aromatic nitrogens is 2. The van der Waals surface area contributed by atoms with Gasteiger partial charge in [0.05, 0.1) is 11.0 Å². The van der Waals surface area contributed by atoms with Crippen LogP contribution < -0.4 is 5.32 Å². The van der Waals surface area contributed by atoms with Gasteiger partial charge in [-0.25, -0.2) is 4.98 Å². The molecule has 1 aromatic heterocycles. The van der Waals surface area contributed by atoms with Gasteiger partial charge in [0.15, 0.2) is 0 Å². The summed E-state index contributed by atoms with van der Waals surface area (Å²) in [5.74, 6) is 1.04. The lowest BCUT2D eigenvalue weighted by molar-refractivity contribution is 0.190. The molecule has 3 heterocycles. The Kier molecular flexibility index (Phi) is 4.46. The van der Waals surface area contributed by atoms with Crippen LogP contribution in [0.5, 0.6) is 0 Å². The van der Waals surface area contributed by atoms with Gasteiger partial charge in [0.1, 0.15) is 5.82 Å². The fraction of sp³-hybridized carbons (Fsp3) is 0.435. The van der Waals surface area contributed by atoms with E-state index in [1.54, 1.807) is 0 Å². The Morgan fingerprint density at radius 2 is 1.93 bits per heavy atom. The molecule has 140 valence electrons. The number of hydrogen-bond acceptors (Lipinski definition) is 3. The van der Waals surface area contributed by atoms with Gasteiger partial charge < -0.3 is 5.32 Å². The Morgan fingerprint density at radius 3 is 2.74 bits per heavy atom. The molecule has 4 nitrogen and oxygen atoms in total. The maximum Gasteiger partial charge on any atom is 0.111 e. The van der Waals surface area contributed by atoms with Crippen LogP contribution in [0.4, 0.5) is 0 Å². The summed E-state index contributed by atoms with van der Waals surface area (Å²) in [6, 6.07) is 19.0.